The predicted octanol–water partition coefficient (Wildman–Crippen LogP) is 9.33. The summed E-state index contributed by atoms with van der Waals surface area (Å²) in [6.07, 6.45) is 1.55. The molecule has 0 radical (unpaired) electrons. The first-order valence-electron chi connectivity index (χ1n) is 17.0. The normalized spacial score (nSPS) is 11.7. The molecular weight excluding hydrogens is 717 g/mol. The molecule has 6 rings (SSSR count). The lowest BCUT2D eigenvalue weighted by molar-refractivity contribution is -0.116. The van der Waals surface area contributed by atoms with Gasteiger partial charge >= 0.3 is 0 Å². The number of rotatable bonds is 13. The van der Waals surface area contributed by atoms with Gasteiger partial charge in [-0.3, -0.25) is 14.4 Å². The number of carbonyl (C=O) groups is 3. The third-order valence-electron chi connectivity index (χ3n) is 8.33. The van der Waals surface area contributed by atoms with Gasteiger partial charge < -0.3 is 25.4 Å². The number of thiazole rings is 1. The van der Waals surface area contributed by atoms with Gasteiger partial charge in [-0.05, 0) is 74.0 Å². The number of nitrogens with one attached hydrogen (secondary N) is 3. The highest BCUT2D eigenvalue weighted by atomic mass is 32.2. The molecule has 9 nitrogen and oxygen atoms in total. The molecule has 0 aliphatic carbocycles. The van der Waals surface area contributed by atoms with Crippen molar-refractivity contribution in [3.8, 4) is 22.8 Å². The first-order valence-corrected chi connectivity index (χ1v) is 18.7. The number of hydrogen-bond donors (Lipinski definition) is 3. The molecule has 272 valence electrons. The Balaban J connectivity index is 1.20. The lowest BCUT2D eigenvalue weighted by Crippen LogP contribution is -2.30. The van der Waals surface area contributed by atoms with Gasteiger partial charge in [0.05, 0.1) is 19.9 Å². The van der Waals surface area contributed by atoms with Crippen molar-refractivity contribution in [1.82, 2.24) is 10.3 Å². The molecule has 0 spiro atoms. The average molecular weight is 755 g/mol. The van der Waals surface area contributed by atoms with Crippen LogP contribution >= 0.6 is 23.1 Å². The van der Waals surface area contributed by atoms with E-state index in [9.17, 15) is 14.4 Å². The van der Waals surface area contributed by atoms with Crippen LogP contribution in [0.3, 0.4) is 0 Å². The Morgan fingerprint density at radius 3 is 2.13 bits per heavy atom. The van der Waals surface area contributed by atoms with Crippen LogP contribution < -0.4 is 25.4 Å². The van der Waals surface area contributed by atoms with Crippen molar-refractivity contribution in [3.05, 3.63) is 160 Å². The highest BCUT2D eigenvalue weighted by Crippen LogP contribution is 2.38. The molecule has 0 bridgehead atoms. The van der Waals surface area contributed by atoms with Crippen molar-refractivity contribution < 1.29 is 23.9 Å². The van der Waals surface area contributed by atoms with Gasteiger partial charge in [-0.15, -0.1) is 23.1 Å². The number of methoxy groups -OCH3 is 2. The second kappa shape index (κ2) is 17.6. The lowest BCUT2D eigenvalue weighted by atomic mass is 10.1. The summed E-state index contributed by atoms with van der Waals surface area (Å²) in [5.41, 5.74) is 5.31. The largest absolute Gasteiger partial charge is 0.497 e. The van der Waals surface area contributed by atoms with E-state index >= 15 is 0 Å². The highest BCUT2D eigenvalue weighted by Gasteiger charge is 2.24. The van der Waals surface area contributed by atoms with Crippen LogP contribution in [0, 0.1) is 13.8 Å². The fourth-order valence-electron chi connectivity index (χ4n) is 5.49. The number of carbonyl (C=O) groups excluding carboxylic acids is 3. The minimum Gasteiger partial charge on any atom is -0.497 e. The van der Waals surface area contributed by atoms with Crippen molar-refractivity contribution in [2.24, 2.45) is 0 Å². The van der Waals surface area contributed by atoms with E-state index < -0.39 is 17.1 Å². The maximum Gasteiger partial charge on any atom is 0.272 e. The summed E-state index contributed by atoms with van der Waals surface area (Å²) in [6, 6.07) is 38.7. The van der Waals surface area contributed by atoms with Crippen molar-refractivity contribution in [1.29, 1.82) is 0 Å². The van der Waals surface area contributed by atoms with E-state index in [2.05, 4.69) is 16.0 Å². The van der Waals surface area contributed by atoms with Crippen molar-refractivity contribution >= 4 is 57.7 Å². The minimum absolute atomic E-state index is 0.00884. The molecule has 3 N–H and O–H groups in total. The Morgan fingerprint density at radius 2 is 1.46 bits per heavy atom. The lowest BCUT2D eigenvalue weighted by Gasteiger charge is -2.17. The van der Waals surface area contributed by atoms with Crippen LogP contribution in [0.25, 0.3) is 17.3 Å². The third-order valence-corrected chi connectivity index (χ3v) is 10.5. The quantitative estimate of drug-likeness (QED) is 0.0795. The number of aryl methyl sites for hydroxylation is 2. The number of anilines is 2. The zero-order valence-corrected chi connectivity index (χ0v) is 31.7. The fourth-order valence-corrected chi connectivity index (χ4v) is 7.35. The molecule has 54 heavy (non-hydrogen) atoms. The van der Waals surface area contributed by atoms with E-state index in [1.165, 1.54) is 30.2 Å². The van der Waals surface area contributed by atoms with Gasteiger partial charge in [-0.2, -0.15) is 0 Å². The molecule has 3 amide bonds. The molecule has 0 saturated carbocycles. The highest BCUT2D eigenvalue weighted by molar-refractivity contribution is 8.00. The van der Waals surface area contributed by atoms with Crippen LogP contribution in [-0.4, -0.2) is 36.9 Å². The van der Waals surface area contributed by atoms with Gasteiger partial charge in [0.15, 0.2) is 5.13 Å². The van der Waals surface area contributed by atoms with E-state index in [1.54, 1.807) is 67.8 Å². The predicted molar refractivity (Wildman–Crippen MR) is 217 cm³/mol. The number of nitrogens with zero attached hydrogens (tertiary/aromatic N) is 1. The SMILES string of the molecule is COc1ccc(/C=C(\NC(=O)c2ccccc2)C(=O)Nc2ccc(SC(C(=O)Nc3nc(-c4ccc(C)cc4)c(C)s3)c3ccccc3)cc2)c(OC)c1. The zero-order valence-electron chi connectivity index (χ0n) is 30.1. The molecule has 0 saturated heterocycles. The smallest absolute Gasteiger partial charge is 0.272 e. The number of benzene rings is 5. The van der Waals surface area contributed by atoms with E-state index in [0.29, 0.717) is 33.4 Å². The number of aromatic nitrogens is 1. The van der Waals surface area contributed by atoms with Gasteiger partial charge in [-0.1, -0.05) is 78.4 Å². The molecule has 1 unspecified atom stereocenters. The summed E-state index contributed by atoms with van der Waals surface area (Å²) in [5.74, 6) is -0.142. The topological polar surface area (TPSA) is 119 Å². The number of ether oxygens (including phenoxy) is 2. The summed E-state index contributed by atoms with van der Waals surface area (Å²) in [7, 11) is 3.07. The van der Waals surface area contributed by atoms with E-state index in [4.69, 9.17) is 14.5 Å². The first-order chi connectivity index (χ1) is 26.2. The zero-order chi connectivity index (χ0) is 38.0. The molecule has 1 atom stereocenters. The molecule has 6 aromatic rings. The van der Waals surface area contributed by atoms with Crippen LogP contribution in [0.5, 0.6) is 11.5 Å². The number of amides is 3. The Labute approximate surface area is 322 Å². The van der Waals surface area contributed by atoms with Crippen LogP contribution in [0.15, 0.2) is 138 Å². The monoisotopic (exact) mass is 754 g/mol. The summed E-state index contributed by atoms with van der Waals surface area (Å²) < 4.78 is 10.8. The van der Waals surface area contributed by atoms with Gasteiger partial charge in [0.1, 0.15) is 22.4 Å². The summed E-state index contributed by atoms with van der Waals surface area (Å²) in [4.78, 5) is 47.3. The molecule has 1 heterocycles. The van der Waals surface area contributed by atoms with Gasteiger partial charge in [0.2, 0.25) is 5.91 Å². The maximum absolute atomic E-state index is 13.8. The average Bonchev–Trinajstić information content (AvgIpc) is 3.57. The molecule has 0 fully saturated rings. The molecule has 11 heteroatoms. The van der Waals surface area contributed by atoms with E-state index in [0.717, 1.165) is 32.2 Å². The van der Waals surface area contributed by atoms with E-state index in [1.807, 2.05) is 86.6 Å². The molecular formula is C43H38N4O5S2. The first kappa shape index (κ1) is 37.6. The number of hydrogen-bond acceptors (Lipinski definition) is 8. The molecule has 0 aliphatic rings. The molecule has 5 aromatic carbocycles. The van der Waals surface area contributed by atoms with Crippen LogP contribution in [0.4, 0.5) is 10.8 Å². The Kier molecular flexibility index (Phi) is 12.2. The van der Waals surface area contributed by atoms with E-state index in [-0.39, 0.29) is 11.6 Å². The standard InChI is InChI=1S/C43H38N4O5S2/c1-27-15-17-29(18-16-27)38-28(2)53-43(46-38)47-42(50)39(30-11-7-5-8-12-30)54-35-23-20-33(21-24-35)44-41(49)36(45-40(48)31-13-9-6-10-14-31)25-32-19-22-34(51-3)26-37(32)52-4/h5-26,39H,1-4H3,(H,44,49)(H,45,48)(H,46,47,50)/b36-25-. The van der Waals surface area contributed by atoms with Crippen molar-refractivity contribution in [2.75, 3.05) is 24.9 Å². The summed E-state index contributed by atoms with van der Waals surface area (Å²) in [6.45, 7) is 4.04. The van der Waals surface area contributed by atoms with Crippen molar-refractivity contribution in [2.45, 2.75) is 24.0 Å². The van der Waals surface area contributed by atoms with Gasteiger partial charge in [0, 0.05) is 38.2 Å². The third kappa shape index (κ3) is 9.43. The van der Waals surface area contributed by atoms with Gasteiger partial charge in [0.25, 0.3) is 11.8 Å². The summed E-state index contributed by atoms with van der Waals surface area (Å²) >= 11 is 2.83. The second-order valence-corrected chi connectivity index (χ2v) is 14.5. The molecule has 1 aromatic heterocycles. The Hall–Kier alpha value is -6.17. The van der Waals surface area contributed by atoms with Gasteiger partial charge in [-0.25, -0.2) is 4.98 Å². The Morgan fingerprint density at radius 1 is 0.778 bits per heavy atom. The summed E-state index contributed by atoms with van der Waals surface area (Å²) in [5, 5.41) is 8.64. The Bertz CT molecular complexity index is 2270. The van der Waals surface area contributed by atoms with Crippen LogP contribution in [-0.2, 0) is 9.59 Å². The second-order valence-electron chi connectivity index (χ2n) is 12.2. The van der Waals surface area contributed by atoms with Crippen molar-refractivity contribution in [3.63, 3.8) is 0 Å². The van der Waals surface area contributed by atoms with Crippen LogP contribution in [0.1, 0.15) is 37.2 Å². The minimum atomic E-state index is -0.583. The molecule has 0 aliphatic heterocycles. The number of thioether (sulfide) groups is 1. The fraction of sp³-hybridized carbons (Fsp3) is 0.116. The maximum atomic E-state index is 13.8. The van der Waals surface area contributed by atoms with Crippen LogP contribution in [0.2, 0.25) is 0 Å².